The molecule has 0 bridgehead atoms. The molecule has 0 saturated carbocycles. The SMILES string of the molecule is COC(=O)CCC/C=C/Sc1ccccc1. The predicted molar refractivity (Wildman–Crippen MR) is 67.3 cm³/mol. The standard InChI is InChI=1S/C13H16O2S/c1-15-13(14)10-6-3-7-11-16-12-8-4-2-5-9-12/h2,4-5,7-9,11H,3,6,10H2,1H3/b11-7+. The smallest absolute Gasteiger partial charge is 0.305 e. The molecule has 2 nitrogen and oxygen atoms in total. The van der Waals surface area contributed by atoms with Crippen LogP contribution in [0.4, 0.5) is 0 Å². The zero-order valence-corrected chi connectivity index (χ0v) is 10.2. The molecule has 3 heteroatoms. The molecule has 0 aliphatic carbocycles. The van der Waals surface area contributed by atoms with Crippen LogP contribution >= 0.6 is 11.8 Å². The number of hydrogen-bond acceptors (Lipinski definition) is 3. The van der Waals surface area contributed by atoms with E-state index in [4.69, 9.17) is 0 Å². The molecule has 0 amide bonds. The molecule has 0 aliphatic rings. The highest BCUT2D eigenvalue weighted by molar-refractivity contribution is 8.02. The predicted octanol–water partition coefficient (Wildman–Crippen LogP) is 3.64. The van der Waals surface area contributed by atoms with Crippen LogP contribution in [0.2, 0.25) is 0 Å². The topological polar surface area (TPSA) is 26.3 Å². The number of benzene rings is 1. The lowest BCUT2D eigenvalue weighted by molar-refractivity contribution is -0.140. The number of carbonyl (C=O) groups is 1. The van der Waals surface area contributed by atoms with Gasteiger partial charge in [0.2, 0.25) is 0 Å². The lowest BCUT2D eigenvalue weighted by atomic mass is 10.2. The van der Waals surface area contributed by atoms with Gasteiger partial charge in [0.15, 0.2) is 0 Å². The molecule has 0 atom stereocenters. The molecule has 0 saturated heterocycles. The van der Waals surface area contributed by atoms with E-state index in [9.17, 15) is 4.79 Å². The number of thioether (sulfide) groups is 1. The highest BCUT2D eigenvalue weighted by Gasteiger charge is 1.96. The van der Waals surface area contributed by atoms with Gasteiger partial charge in [-0.1, -0.05) is 36.0 Å². The van der Waals surface area contributed by atoms with Gasteiger partial charge in [0.25, 0.3) is 0 Å². The molecule has 0 aliphatic heterocycles. The Hall–Kier alpha value is -1.22. The summed E-state index contributed by atoms with van der Waals surface area (Å²) in [6.07, 6.45) is 4.34. The average Bonchev–Trinajstić information content (AvgIpc) is 2.34. The van der Waals surface area contributed by atoms with Gasteiger partial charge in [-0.25, -0.2) is 0 Å². The van der Waals surface area contributed by atoms with Gasteiger partial charge in [0, 0.05) is 11.3 Å². The van der Waals surface area contributed by atoms with Crippen LogP contribution in [0.3, 0.4) is 0 Å². The summed E-state index contributed by atoms with van der Waals surface area (Å²) in [5.41, 5.74) is 0. The molecule has 86 valence electrons. The average molecular weight is 236 g/mol. The number of esters is 1. The van der Waals surface area contributed by atoms with E-state index in [1.807, 2.05) is 18.2 Å². The summed E-state index contributed by atoms with van der Waals surface area (Å²) < 4.78 is 4.56. The maximum Gasteiger partial charge on any atom is 0.305 e. The van der Waals surface area contributed by atoms with Crippen LogP contribution in [-0.4, -0.2) is 13.1 Å². The largest absolute Gasteiger partial charge is 0.469 e. The highest BCUT2D eigenvalue weighted by Crippen LogP contribution is 2.18. The van der Waals surface area contributed by atoms with E-state index in [1.54, 1.807) is 11.8 Å². The van der Waals surface area contributed by atoms with Gasteiger partial charge in [0.05, 0.1) is 7.11 Å². The summed E-state index contributed by atoms with van der Waals surface area (Å²) in [6.45, 7) is 0. The van der Waals surface area contributed by atoms with Gasteiger partial charge >= 0.3 is 5.97 Å². The van der Waals surface area contributed by atoms with E-state index in [2.05, 4.69) is 28.4 Å². The van der Waals surface area contributed by atoms with E-state index in [1.165, 1.54) is 12.0 Å². The Morgan fingerprint density at radius 3 is 2.81 bits per heavy atom. The fourth-order valence-electron chi connectivity index (χ4n) is 1.16. The maximum atomic E-state index is 10.8. The van der Waals surface area contributed by atoms with Crippen molar-refractivity contribution in [2.75, 3.05) is 7.11 Å². The molecule has 1 aromatic carbocycles. The molecule has 16 heavy (non-hydrogen) atoms. The minimum Gasteiger partial charge on any atom is -0.469 e. The Morgan fingerprint density at radius 2 is 2.12 bits per heavy atom. The molecule has 0 N–H and O–H groups in total. The number of unbranched alkanes of at least 4 members (excludes halogenated alkanes) is 1. The molecule has 1 rings (SSSR count). The van der Waals surface area contributed by atoms with Crippen molar-refractivity contribution in [3.05, 3.63) is 41.8 Å². The van der Waals surface area contributed by atoms with Crippen LogP contribution in [0.1, 0.15) is 19.3 Å². The first-order valence-corrected chi connectivity index (χ1v) is 6.14. The Balaban J connectivity index is 2.12. The van der Waals surface area contributed by atoms with Crippen molar-refractivity contribution in [2.45, 2.75) is 24.2 Å². The molecule has 0 spiro atoms. The number of hydrogen-bond donors (Lipinski definition) is 0. The van der Waals surface area contributed by atoms with Gasteiger partial charge in [-0.3, -0.25) is 4.79 Å². The third-order valence-electron chi connectivity index (χ3n) is 2.02. The van der Waals surface area contributed by atoms with Gasteiger partial charge in [-0.15, -0.1) is 0 Å². The van der Waals surface area contributed by atoms with E-state index in [0.717, 1.165) is 12.8 Å². The van der Waals surface area contributed by atoms with Gasteiger partial charge in [0.1, 0.15) is 0 Å². The van der Waals surface area contributed by atoms with Crippen molar-refractivity contribution in [2.24, 2.45) is 0 Å². The third kappa shape index (κ3) is 5.61. The Labute approximate surface area is 101 Å². The Bertz CT molecular complexity index is 333. The molecule has 0 radical (unpaired) electrons. The summed E-state index contributed by atoms with van der Waals surface area (Å²) in [5.74, 6) is -0.135. The first-order chi connectivity index (χ1) is 7.83. The van der Waals surface area contributed by atoms with E-state index in [-0.39, 0.29) is 5.97 Å². The fraction of sp³-hybridized carbons (Fsp3) is 0.308. The van der Waals surface area contributed by atoms with Crippen LogP contribution in [0.5, 0.6) is 0 Å². The summed E-state index contributed by atoms with van der Waals surface area (Å²) in [7, 11) is 1.42. The minimum absolute atomic E-state index is 0.135. The summed E-state index contributed by atoms with van der Waals surface area (Å²) in [6, 6.07) is 10.2. The second kappa shape index (κ2) is 7.99. The fourth-order valence-corrected chi connectivity index (χ4v) is 1.86. The molecule has 0 heterocycles. The lowest BCUT2D eigenvalue weighted by Gasteiger charge is -1.96. The monoisotopic (exact) mass is 236 g/mol. The number of allylic oxidation sites excluding steroid dienone is 1. The van der Waals surface area contributed by atoms with Crippen LogP contribution < -0.4 is 0 Å². The first kappa shape index (κ1) is 12.8. The number of rotatable bonds is 6. The van der Waals surface area contributed by atoms with Crippen LogP contribution in [0.25, 0.3) is 0 Å². The second-order valence-electron chi connectivity index (χ2n) is 3.27. The van der Waals surface area contributed by atoms with Crippen molar-refractivity contribution in [1.82, 2.24) is 0 Å². The summed E-state index contributed by atoms with van der Waals surface area (Å²) in [5, 5.41) is 2.06. The normalized spacial score (nSPS) is 10.6. The number of methoxy groups -OCH3 is 1. The minimum atomic E-state index is -0.135. The molecule has 0 unspecified atom stereocenters. The lowest BCUT2D eigenvalue weighted by Crippen LogP contribution is -1.98. The number of carbonyl (C=O) groups excluding carboxylic acids is 1. The second-order valence-corrected chi connectivity index (χ2v) is 4.25. The first-order valence-electron chi connectivity index (χ1n) is 5.26. The van der Waals surface area contributed by atoms with Gasteiger partial charge in [-0.05, 0) is 30.4 Å². The highest BCUT2D eigenvalue weighted by atomic mass is 32.2. The Kier molecular flexibility index (Phi) is 6.42. The molecular formula is C13H16O2S. The molecule has 0 aromatic heterocycles. The summed E-state index contributed by atoms with van der Waals surface area (Å²) in [4.78, 5) is 12.0. The van der Waals surface area contributed by atoms with Crippen molar-refractivity contribution < 1.29 is 9.53 Å². The molecule has 1 aromatic rings. The Morgan fingerprint density at radius 1 is 1.38 bits per heavy atom. The maximum absolute atomic E-state index is 10.8. The van der Waals surface area contributed by atoms with E-state index >= 15 is 0 Å². The van der Waals surface area contributed by atoms with Gasteiger partial charge < -0.3 is 4.74 Å². The van der Waals surface area contributed by atoms with Crippen molar-refractivity contribution >= 4 is 17.7 Å². The van der Waals surface area contributed by atoms with Crippen molar-refractivity contribution in [1.29, 1.82) is 0 Å². The van der Waals surface area contributed by atoms with Gasteiger partial charge in [-0.2, -0.15) is 0 Å². The van der Waals surface area contributed by atoms with E-state index in [0.29, 0.717) is 6.42 Å². The number of ether oxygens (including phenoxy) is 1. The quantitative estimate of drug-likeness (QED) is 0.428. The third-order valence-corrected chi connectivity index (χ3v) is 2.90. The molecule has 0 fully saturated rings. The van der Waals surface area contributed by atoms with Crippen LogP contribution in [-0.2, 0) is 9.53 Å². The van der Waals surface area contributed by atoms with Crippen molar-refractivity contribution in [3.63, 3.8) is 0 Å². The van der Waals surface area contributed by atoms with Crippen LogP contribution in [0.15, 0.2) is 46.7 Å². The van der Waals surface area contributed by atoms with Crippen molar-refractivity contribution in [3.8, 4) is 0 Å². The van der Waals surface area contributed by atoms with Crippen LogP contribution in [0, 0.1) is 0 Å². The zero-order valence-electron chi connectivity index (χ0n) is 9.39. The van der Waals surface area contributed by atoms with E-state index < -0.39 is 0 Å². The summed E-state index contributed by atoms with van der Waals surface area (Å²) >= 11 is 1.69. The molecular weight excluding hydrogens is 220 g/mol. The zero-order chi connectivity index (χ0) is 11.6.